The zero-order valence-electron chi connectivity index (χ0n) is 55.9. The summed E-state index contributed by atoms with van der Waals surface area (Å²) in [4.78, 5) is 13.4. The molecule has 3 aliphatic rings. The number of ether oxygens (including phenoxy) is 6. The van der Waals surface area contributed by atoms with Crippen LogP contribution in [0.15, 0.2) is 0 Å². The van der Waals surface area contributed by atoms with Gasteiger partial charge in [-0.05, 0) is 12.8 Å². The maximum absolute atomic E-state index is 13.4. The average Bonchev–Trinajstić information content (AvgIpc) is 2.45. The third-order valence-corrected chi connectivity index (χ3v) is 18.9. The Hall–Kier alpha value is -1.21. The molecule has 0 aliphatic carbocycles. The molecule has 528 valence electrons. The molecular weight excluding hydrogens is 1140 g/mol. The number of carbonyl (C=O) groups excluding carboxylic acids is 1. The minimum atomic E-state index is -1.97. The van der Waals surface area contributed by atoms with Crippen molar-refractivity contribution >= 4 is 5.91 Å². The van der Waals surface area contributed by atoms with Crippen LogP contribution in [0.25, 0.3) is 0 Å². The molecule has 3 aliphatic heterocycles. The first-order chi connectivity index (χ1) is 43.3. The monoisotopic (exact) mass is 1280 g/mol. The number of unbranched alkanes of at least 4 members (excludes halogenated alkanes) is 42. The first kappa shape index (κ1) is 82.0. The first-order valence-corrected chi connectivity index (χ1v) is 36.8. The number of carbonyl (C=O) groups is 1. The van der Waals surface area contributed by atoms with E-state index in [1.165, 1.54) is 231 Å². The molecule has 89 heavy (non-hydrogen) atoms. The van der Waals surface area contributed by atoms with Crippen LogP contribution >= 0.6 is 0 Å². The Bertz CT molecular complexity index is 1620. The van der Waals surface area contributed by atoms with Gasteiger partial charge in [-0.15, -0.1) is 0 Å². The minimum Gasteiger partial charge on any atom is -0.394 e. The SMILES string of the molecule is CCCCCCCCCCCCCCCCCCCCCCCCCCCCCC(O)C(COC1OC(CO)C(OC2OC(CO)C(OC3OC(CO)C(O)C(O)C3O)C(O)C2O)C(O)C1O)NC(=O)CCCCCCCCCCCCCCCCCCC. The summed E-state index contributed by atoms with van der Waals surface area (Å²) in [5.74, 6) is -0.235. The predicted molar refractivity (Wildman–Crippen MR) is 347 cm³/mol. The fraction of sp³-hybridized carbons (Fsp3) is 0.986. The van der Waals surface area contributed by atoms with Gasteiger partial charge in [-0.1, -0.05) is 290 Å². The molecule has 17 unspecified atom stereocenters. The van der Waals surface area contributed by atoms with Crippen molar-refractivity contribution in [2.24, 2.45) is 0 Å². The number of hydrogen-bond acceptors (Lipinski definition) is 18. The van der Waals surface area contributed by atoms with Crippen LogP contribution < -0.4 is 5.32 Å². The molecule has 0 aromatic heterocycles. The zero-order chi connectivity index (χ0) is 64.7. The molecule has 3 rings (SSSR count). The van der Waals surface area contributed by atoms with Gasteiger partial charge < -0.3 is 89.9 Å². The molecular formula is C70H135NO18. The van der Waals surface area contributed by atoms with Crippen LogP contribution in [0.4, 0.5) is 0 Å². The van der Waals surface area contributed by atoms with Crippen molar-refractivity contribution in [1.82, 2.24) is 5.32 Å². The molecule has 0 aromatic rings. The van der Waals surface area contributed by atoms with Crippen molar-refractivity contribution in [3.8, 4) is 0 Å². The Balaban J connectivity index is 1.39. The van der Waals surface area contributed by atoms with Gasteiger partial charge >= 0.3 is 0 Å². The number of nitrogens with one attached hydrogen (secondary N) is 1. The van der Waals surface area contributed by atoms with E-state index in [2.05, 4.69) is 19.2 Å². The largest absolute Gasteiger partial charge is 0.394 e. The van der Waals surface area contributed by atoms with Crippen LogP contribution in [0, 0.1) is 0 Å². The normalized spacial score (nSPS) is 28.1. The lowest BCUT2D eigenvalue weighted by atomic mass is 9.96. The highest BCUT2D eigenvalue weighted by atomic mass is 16.8. The molecule has 3 fully saturated rings. The van der Waals surface area contributed by atoms with Crippen LogP contribution in [-0.4, -0.2) is 193 Å². The van der Waals surface area contributed by atoms with Crippen molar-refractivity contribution in [3.63, 3.8) is 0 Å². The second-order valence-electron chi connectivity index (χ2n) is 26.8. The maximum atomic E-state index is 13.4. The van der Waals surface area contributed by atoms with Gasteiger partial charge in [-0.25, -0.2) is 0 Å². The molecule has 1 amide bonds. The number of hydrogen-bond donors (Lipinski definition) is 12. The van der Waals surface area contributed by atoms with E-state index in [1.807, 2.05) is 0 Å². The number of rotatable bonds is 58. The van der Waals surface area contributed by atoms with E-state index in [1.54, 1.807) is 0 Å². The highest BCUT2D eigenvalue weighted by Gasteiger charge is 2.53. The van der Waals surface area contributed by atoms with E-state index in [9.17, 15) is 61.0 Å². The van der Waals surface area contributed by atoms with Gasteiger partial charge in [0.15, 0.2) is 18.9 Å². The third-order valence-electron chi connectivity index (χ3n) is 18.9. The molecule has 0 saturated carbocycles. The second-order valence-corrected chi connectivity index (χ2v) is 26.8. The highest BCUT2D eigenvalue weighted by molar-refractivity contribution is 5.76. The van der Waals surface area contributed by atoms with Crippen molar-refractivity contribution in [2.45, 2.75) is 413 Å². The molecule has 3 heterocycles. The standard InChI is InChI=1S/C70H135NO18/c1-3-5-7-9-11-13-15-17-19-21-22-23-24-25-26-27-28-29-30-32-33-35-37-39-41-43-45-47-54(75)53(71-58(76)48-46-44-42-40-38-36-34-31-20-18-16-14-12-10-8-6-4-2)52-84-68-64(82)61(79)66(56(50-73)86-68)89-70-65(83)62(80)67(57(51-74)87-70)88-69-63(81)60(78)59(77)55(49-72)85-69/h53-57,59-70,72-75,77-83H,3-52H2,1-2H3,(H,71,76). The van der Waals surface area contributed by atoms with Crippen LogP contribution in [0.5, 0.6) is 0 Å². The van der Waals surface area contributed by atoms with Crippen LogP contribution in [0.2, 0.25) is 0 Å². The van der Waals surface area contributed by atoms with Gasteiger partial charge in [0.1, 0.15) is 73.2 Å². The van der Waals surface area contributed by atoms with Crippen LogP contribution in [-0.2, 0) is 33.2 Å². The van der Waals surface area contributed by atoms with Gasteiger partial charge in [0.2, 0.25) is 5.91 Å². The van der Waals surface area contributed by atoms with E-state index < -0.39 is 124 Å². The Morgan fingerprint density at radius 1 is 0.360 bits per heavy atom. The van der Waals surface area contributed by atoms with Gasteiger partial charge in [-0.2, -0.15) is 0 Å². The van der Waals surface area contributed by atoms with Crippen molar-refractivity contribution in [2.75, 3.05) is 26.4 Å². The van der Waals surface area contributed by atoms with Crippen LogP contribution in [0.1, 0.15) is 309 Å². The lowest BCUT2D eigenvalue weighted by Gasteiger charge is -2.48. The van der Waals surface area contributed by atoms with Gasteiger partial charge in [0.25, 0.3) is 0 Å². The molecule has 0 spiro atoms. The van der Waals surface area contributed by atoms with Crippen LogP contribution in [0.3, 0.4) is 0 Å². The van der Waals surface area contributed by atoms with E-state index >= 15 is 0 Å². The first-order valence-electron chi connectivity index (χ1n) is 36.8. The Morgan fingerprint density at radius 2 is 0.640 bits per heavy atom. The van der Waals surface area contributed by atoms with E-state index in [4.69, 9.17) is 28.4 Å². The summed E-state index contributed by atoms with van der Waals surface area (Å²) >= 11 is 0. The molecule has 3 saturated heterocycles. The van der Waals surface area contributed by atoms with E-state index in [0.717, 1.165) is 44.9 Å². The van der Waals surface area contributed by atoms with Gasteiger partial charge in [0.05, 0.1) is 38.6 Å². The number of aliphatic hydroxyl groups is 11. The maximum Gasteiger partial charge on any atom is 0.220 e. The molecule has 17 atom stereocenters. The lowest BCUT2D eigenvalue weighted by Crippen LogP contribution is -2.66. The second kappa shape index (κ2) is 53.0. The number of amides is 1. The average molecular weight is 1280 g/mol. The lowest BCUT2D eigenvalue weighted by molar-refractivity contribution is -0.379. The summed E-state index contributed by atoms with van der Waals surface area (Å²) < 4.78 is 34.5. The minimum absolute atomic E-state index is 0.235. The molecule has 19 heteroatoms. The smallest absolute Gasteiger partial charge is 0.220 e. The summed E-state index contributed by atoms with van der Waals surface area (Å²) in [7, 11) is 0. The summed E-state index contributed by atoms with van der Waals surface area (Å²) in [6.07, 6.45) is 30.4. The van der Waals surface area contributed by atoms with Gasteiger partial charge in [0, 0.05) is 6.42 Å². The van der Waals surface area contributed by atoms with Crippen molar-refractivity contribution < 1.29 is 89.4 Å². The molecule has 0 radical (unpaired) electrons. The molecule has 12 N–H and O–H groups in total. The third kappa shape index (κ3) is 34.9. The fourth-order valence-corrected chi connectivity index (χ4v) is 13.0. The molecule has 0 bridgehead atoms. The topological polar surface area (TPSA) is 307 Å². The summed E-state index contributed by atoms with van der Waals surface area (Å²) in [5.41, 5.74) is 0. The van der Waals surface area contributed by atoms with Crippen molar-refractivity contribution in [1.29, 1.82) is 0 Å². The summed E-state index contributed by atoms with van der Waals surface area (Å²) in [6, 6.07) is -0.882. The number of aliphatic hydroxyl groups excluding tert-OH is 11. The molecule has 0 aromatic carbocycles. The molecule has 19 nitrogen and oxygen atoms in total. The van der Waals surface area contributed by atoms with Gasteiger partial charge in [-0.3, -0.25) is 4.79 Å². The quantitative estimate of drug-likeness (QED) is 0.0252. The van der Waals surface area contributed by atoms with Crippen molar-refractivity contribution in [3.05, 3.63) is 0 Å². The zero-order valence-corrected chi connectivity index (χ0v) is 55.9. The van der Waals surface area contributed by atoms with E-state index in [0.29, 0.717) is 12.8 Å². The van der Waals surface area contributed by atoms with E-state index in [-0.39, 0.29) is 18.9 Å². The Morgan fingerprint density at radius 3 is 0.978 bits per heavy atom. The summed E-state index contributed by atoms with van der Waals surface area (Å²) in [6.45, 7) is 1.85. The Kier molecular flexibility index (Phi) is 48.8. The fourth-order valence-electron chi connectivity index (χ4n) is 13.0. The Labute approximate surface area is 538 Å². The summed E-state index contributed by atoms with van der Waals surface area (Å²) in [5, 5.41) is 121. The highest BCUT2D eigenvalue weighted by Crippen LogP contribution is 2.33. The predicted octanol–water partition coefficient (Wildman–Crippen LogP) is 10.3.